The number of nitrogens with zero attached hydrogens (tertiary/aromatic N) is 3. The molecular weight excluding hydrogens is 252 g/mol. The molecule has 2 atom stereocenters. The molecule has 2 aromatic rings. The van der Waals surface area contributed by atoms with Crippen molar-refractivity contribution in [3.63, 3.8) is 0 Å². The minimum absolute atomic E-state index is 0.0263. The van der Waals surface area contributed by atoms with Gasteiger partial charge in [0.05, 0.1) is 5.69 Å². The average Bonchev–Trinajstić information content (AvgIpc) is 2.67. The van der Waals surface area contributed by atoms with Crippen molar-refractivity contribution in [3.8, 4) is 0 Å². The van der Waals surface area contributed by atoms with Gasteiger partial charge in [0.1, 0.15) is 5.65 Å². The van der Waals surface area contributed by atoms with Crippen LogP contribution in [0.15, 0.2) is 29.2 Å². The first kappa shape index (κ1) is 13.3. The fourth-order valence-corrected chi connectivity index (χ4v) is 2.79. The van der Waals surface area contributed by atoms with Crippen molar-refractivity contribution in [2.45, 2.75) is 26.4 Å². The highest BCUT2D eigenvalue weighted by atomic mass is 16.1. The highest BCUT2D eigenvalue weighted by Gasteiger charge is 2.26. The van der Waals surface area contributed by atoms with Gasteiger partial charge in [-0.25, -0.2) is 4.98 Å². The normalized spacial score (nSPS) is 23.6. The molecule has 0 bridgehead atoms. The van der Waals surface area contributed by atoms with Crippen molar-refractivity contribution >= 4 is 5.65 Å². The first-order chi connectivity index (χ1) is 9.52. The van der Waals surface area contributed by atoms with Crippen LogP contribution in [-0.2, 0) is 6.54 Å². The molecule has 0 amide bonds. The van der Waals surface area contributed by atoms with Gasteiger partial charge >= 0.3 is 0 Å². The zero-order valence-corrected chi connectivity index (χ0v) is 11.9. The Labute approximate surface area is 118 Å². The Morgan fingerprint density at radius 3 is 2.90 bits per heavy atom. The molecule has 1 aliphatic rings. The third-order valence-corrected chi connectivity index (χ3v) is 4.01. The molecule has 3 rings (SSSR count). The van der Waals surface area contributed by atoms with Crippen LogP contribution in [0.4, 0.5) is 0 Å². The van der Waals surface area contributed by atoms with E-state index in [4.69, 9.17) is 5.73 Å². The molecule has 0 radical (unpaired) electrons. The van der Waals surface area contributed by atoms with E-state index in [1.807, 2.05) is 19.1 Å². The molecule has 5 nitrogen and oxygen atoms in total. The third-order valence-electron chi connectivity index (χ3n) is 4.01. The lowest BCUT2D eigenvalue weighted by molar-refractivity contribution is 0.315. The predicted octanol–water partition coefficient (Wildman–Crippen LogP) is 0.782. The van der Waals surface area contributed by atoms with Gasteiger partial charge in [0.25, 0.3) is 5.56 Å². The van der Waals surface area contributed by atoms with Crippen molar-refractivity contribution in [1.29, 1.82) is 0 Å². The van der Waals surface area contributed by atoms with Crippen LogP contribution < -0.4 is 11.3 Å². The van der Waals surface area contributed by atoms with E-state index in [0.717, 1.165) is 24.3 Å². The van der Waals surface area contributed by atoms with Gasteiger partial charge in [0.2, 0.25) is 0 Å². The van der Waals surface area contributed by atoms with E-state index in [0.29, 0.717) is 18.1 Å². The maximum atomic E-state index is 12.1. The highest BCUT2D eigenvalue weighted by Crippen LogP contribution is 2.16. The quantitative estimate of drug-likeness (QED) is 0.877. The van der Waals surface area contributed by atoms with Crippen LogP contribution in [0.5, 0.6) is 0 Å². The summed E-state index contributed by atoms with van der Waals surface area (Å²) < 4.78 is 1.58. The molecular formula is C15H20N4O. The summed E-state index contributed by atoms with van der Waals surface area (Å²) in [6.07, 6.45) is 1.78. The van der Waals surface area contributed by atoms with Gasteiger partial charge in [0.15, 0.2) is 0 Å². The Morgan fingerprint density at radius 1 is 1.40 bits per heavy atom. The van der Waals surface area contributed by atoms with Gasteiger partial charge in [-0.1, -0.05) is 6.92 Å². The maximum Gasteiger partial charge on any atom is 0.258 e. The van der Waals surface area contributed by atoms with E-state index in [2.05, 4.69) is 16.8 Å². The number of rotatable bonds is 2. The zero-order chi connectivity index (χ0) is 14.3. The van der Waals surface area contributed by atoms with E-state index in [-0.39, 0.29) is 11.6 Å². The summed E-state index contributed by atoms with van der Waals surface area (Å²) in [5.41, 5.74) is 8.64. The Kier molecular flexibility index (Phi) is 3.31. The summed E-state index contributed by atoms with van der Waals surface area (Å²) in [6, 6.07) is 5.69. The standard InChI is InChI=1S/C15H20N4O/c1-10-3-4-19-14(5-10)17-12(6-15(19)20)8-18-7-11(2)13(16)9-18/h3-6,11,13H,7-9,16H2,1-2H3. The zero-order valence-electron chi connectivity index (χ0n) is 11.9. The molecule has 106 valence electrons. The molecule has 5 heteroatoms. The molecule has 1 aliphatic heterocycles. The lowest BCUT2D eigenvalue weighted by Gasteiger charge is -2.14. The second kappa shape index (κ2) is 5.00. The fraction of sp³-hybridized carbons (Fsp3) is 0.467. The SMILES string of the molecule is Cc1ccn2c(=O)cc(CN3CC(C)C(N)C3)nc2c1. The molecule has 0 spiro atoms. The number of hydrogen-bond acceptors (Lipinski definition) is 4. The number of hydrogen-bond donors (Lipinski definition) is 1. The smallest absolute Gasteiger partial charge is 0.258 e. The molecule has 1 fully saturated rings. The van der Waals surface area contributed by atoms with Crippen LogP contribution >= 0.6 is 0 Å². The lowest BCUT2D eigenvalue weighted by atomic mass is 10.1. The molecule has 20 heavy (non-hydrogen) atoms. The summed E-state index contributed by atoms with van der Waals surface area (Å²) >= 11 is 0. The topological polar surface area (TPSA) is 63.6 Å². The number of likely N-dealkylation sites (tertiary alicyclic amines) is 1. The molecule has 0 saturated carbocycles. The number of fused-ring (bicyclic) bond motifs is 1. The summed E-state index contributed by atoms with van der Waals surface area (Å²) in [5.74, 6) is 0.499. The predicted molar refractivity (Wildman–Crippen MR) is 78.6 cm³/mol. The van der Waals surface area contributed by atoms with Crippen LogP contribution in [0.2, 0.25) is 0 Å². The molecule has 3 heterocycles. The van der Waals surface area contributed by atoms with Crippen LogP contribution in [0.25, 0.3) is 5.65 Å². The molecule has 0 aliphatic carbocycles. The Bertz CT molecular complexity index is 684. The van der Waals surface area contributed by atoms with E-state index in [1.165, 1.54) is 0 Å². The Balaban J connectivity index is 1.91. The third kappa shape index (κ3) is 2.46. The van der Waals surface area contributed by atoms with Crippen LogP contribution in [0.3, 0.4) is 0 Å². The number of aryl methyl sites for hydroxylation is 1. The number of pyridine rings is 1. The summed E-state index contributed by atoms with van der Waals surface area (Å²) in [6.45, 7) is 6.69. The van der Waals surface area contributed by atoms with Crippen LogP contribution in [-0.4, -0.2) is 33.4 Å². The molecule has 2 N–H and O–H groups in total. The van der Waals surface area contributed by atoms with Crippen LogP contribution in [0.1, 0.15) is 18.2 Å². The molecule has 2 unspecified atom stereocenters. The Morgan fingerprint density at radius 2 is 2.20 bits per heavy atom. The van der Waals surface area contributed by atoms with E-state index in [1.54, 1.807) is 16.7 Å². The lowest BCUT2D eigenvalue weighted by Crippen LogP contribution is -2.29. The molecule has 1 saturated heterocycles. The summed E-state index contributed by atoms with van der Waals surface area (Å²) in [4.78, 5) is 19.0. The number of nitrogens with two attached hydrogens (primary N) is 1. The van der Waals surface area contributed by atoms with Gasteiger partial charge < -0.3 is 5.73 Å². The second-order valence-corrected chi connectivity index (χ2v) is 5.85. The minimum Gasteiger partial charge on any atom is -0.326 e. The second-order valence-electron chi connectivity index (χ2n) is 5.85. The summed E-state index contributed by atoms with van der Waals surface area (Å²) in [7, 11) is 0. The average molecular weight is 272 g/mol. The Hall–Kier alpha value is -1.72. The van der Waals surface area contributed by atoms with Gasteiger partial charge in [0, 0.05) is 37.9 Å². The largest absolute Gasteiger partial charge is 0.326 e. The van der Waals surface area contributed by atoms with Gasteiger partial charge in [-0.05, 0) is 30.5 Å². The van der Waals surface area contributed by atoms with Gasteiger partial charge in [-0.15, -0.1) is 0 Å². The maximum absolute atomic E-state index is 12.1. The van der Waals surface area contributed by atoms with Gasteiger partial charge in [-0.3, -0.25) is 14.1 Å². The van der Waals surface area contributed by atoms with E-state index in [9.17, 15) is 4.79 Å². The van der Waals surface area contributed by atoms with Crippen molar-refractivity contribution in [2.75, 3.05) is 13.1 Å². The van der Waals surface area contributed by atoms with E-state index >= 15 is 0 Å². The summed E-state index contributed by atoms with van der Waals surface area (Å²) in [5, 5.41) is 0. The minimum atomic E-state index is -0.0263. The fourth-order valence-electron chi connectivity index (χ4n) is 2.79. The molecule has 2 aromatic heterocycles. The van der Waals surface area contributed by atoms with Crippen molar-refractivity contribution in [3.05, 3.63) is 46.0 Å². The monoisotopic (exact) mass is 272 g/mol. The first-order valence-electron chi connectivity index (χ1n) is 7.00. The van der Waals surface area contributed by atoms with Crippen molar-refractivity contribution < 1.29 is 0 Å². The molecule has 0 aromatic carbocycles. The van der Waals surface area contributed by atoms with Crippen molar-refractivity contribution in [2.24, 2.45) is 11.7 Å². The highest BCUT2D eigenvalue weighted by molar-refractivity contribution is 5.41. The van der Waals surface area contributed by atoms with Gasteiger partial charge in [-0.2, -0.15) is 0 Å². The van der Waals surface area contributed by atoms with E-state index < -0.39 is 0 Å². The first-order valence-corrected chi connectivity index (χ1v) is 7.00. The number of aromatic nitrogens is 2. The van der Waals surface area contributed by atoms with Crippen LogP contribution in [0, 0.1) is 12.8 Å². The van der Waals surface area contributed by atoms with Crippen molar-refractivity contribution in [1.82, 2.24) is 14.3 Å².